The summed E-state index contributed by atoms with van der Waals surface area (Å²) in [6.45, 7) is 4.62. The number of hydrogen-bond donors (Lipinski definition) is 1. The molecule has 0 radical (unpaired) electrons. The molecule has 2 amide bonds. The number of piperidine rings is 1. The number of hydrogen-bond acceptors (Lipinski definition) is 3. The normalized spacial score (nSPS) is 20.1. The maximum Gasteiger partial charge on any atom is 0.324 e. The summed E-state index contributed by atoms with van der Waals surface area (Å²) < 4.78 is 0. The van der Waals surface area contributed by atoms with Gasteiger partial charge in [0.1, 0.15) is 0 Å². The Balaban J connectivity index is 1.50. The molecule has 1 unspecified atom stereocenters. The van der Waals surface area contributed by atoms with Gasteiger partial charge in [0.25, 0.3) is 0 Å². The largest absolute Gasteiger partial charge is 0.381 e. The number of nitrogens with zero attached hydrogens (tertiary/aromatic N) is 3. The maximum absolute atomic E-state index is 13.5. The van der Waals surface area contributed by atoms with Crippen molar-refractivity contribution in [2.75, 3.05) is 29.9 Å². The molecular formula is C22H28N4O. The van der Waals surface area contributed by atoms with Gasteiger partial charge < -0.3 is 10.2 Å². The van der Waals surface area contributed by atoms with E-state index in [4.69, 9.17) is 0 Å². The van der Waals surface area contributed by atoms with Crippen molar-refractivity contribution < 1.29 is 4.79 Å². The standard InChI is InChI=1S/C22H28N4O/c1-2-6-19-16-24-20-8-3-4-9-21(20)26(19)22(27)25-13-10-17(11-14-25)18-7-5-12-23-15-18/h3-5,7-9,12,15,17,19,24H,2,6,10-11,13-14,16H2,1H3. The molecule has 0 aliphatic carbocycles. The van der Waals surface area contributed by atoms with Crippen LogP contribution in [0.15, 0.2) is 48.8 Å². The lowest BCUT2D eigenvalue weighted by atomic mass is 9.90. The van der Waals surface area contributed by atoms with Crippen LogP contribution in [0, 0.1) is 0 Å². The van der Waals surface area contributed by atoms with Crippen molar-refractivity contribution in [2.24, 2.45) is 0 Å². The first-order chi connectivity index (χ1) is 13.3. The number of nitrogens with one attached hydrogen (secondary N) is 1. The van der Waals surface area contributed by atoms with E-state index in [0.29, 0.717) is 5.92 Å². The third-order valence-corrected chi connectivity index (χ3v) is 5.81. The monoisotopic (exact) mass is 364 g/mol. The lowest BCUT2D eigenvalue weighted by Gasteiger charge is -2.42. The first-order valence-corrected chi connectivity index (χ1v) is 10.1. The molecule has 1 aromatic carbocycles. The number of carbonyl (C=O) groups is 1. The third kappa shape index (κ3) is 3.64. The number of urea groups is 1. The Labute approximate surface area is 161 Å². The van der Waals surface area contributed by atoms with E-state index in [1.54, 1.807) is 0 Å². The summed E-state index contributed by atoms with van der Waals surface area (Å²) in [6, 6.07) is 12.7. The van der Waals surface area contributed by atoms with E-state index in [2.05, 4.69) is 35.4 Å². The van der Waals surface area contributed by atoms with Gasteiger partial charge in [-0.15, -0.1) is 0 Å². The average Bonchev–Trinajstić information content (AvgIpc) is 2.74. The fourth-order valence-electron chi connectivity index (χ4n) is 4.35. The number of para-hydroxylation sites is 2. The zero-order valence-electron chi connectivity index (χ0n) is 16.0. The predicted molar refractivity (Wildman–Crippen MR) is 109 cm³/mol. The Morgan fingerprint density at radius 3 is 2.74 bits per heavy atom. The topological polar surface area (TPSA) is 48.5 Å². The Morgan fingerprint density at radius 1 is 1.19 bits per heavy atom. The molecule has 0 spiro atoms. The number of fused-ring (bicyclic) bond motifs is 1. The first-order valence-electron chi connectivity index (χ1n) is 10.1. The summed E-state index contributed by atoms with van der Waals surface area (Å²) in [5.74, 6) is 0.504. The Bertz CT molecular complexity index is 771. The molecule has 1 saturated heterocycles. The summed E-state index contributed by atoms with van der Waals surface area (Å²) in [5, 5.41) is 3.49. The Kier molecular flexibility index (Phi) is 5.28. The van der Waals surface area contributed by atoms with Gasteiger partial charge in [0, 0.05) is 32.0 Å². The lowest BCUT2D eigenvalue weighted by Crippen LogP contribution is -2.54. The van der Waals surface area contributed by atoms with Crippen molar-refractivity contribution in [2.45, 2.75) is 44.6 Å². The molecule has 3 heterocycles. The Morgan fingerprint density at radius 2 is 2.00 bits per heavy atom. The molecular weight excluding hydrogens is 336 g/mol. The zero-order valence-corrected chi connectivity index (χ0v) is 16.0. The molecule has 1 aromatic heterocycles. The highest BCUT2D eigenvalue weighted by Gasteiger charge is 2.34. The van der Waals surface area contributed by atoms with Gasteiger partial charge in [-0.1, -0.05) is 31.5 Å². The lowest BCUT2D eigenvalue weighted by molar-refractivity contribution is 0.185. The predicted octanol–water partition coefficient (Wildman–Crippen LogP) is 4.48. The summed E-state index contributed by atoms with van der Waals surface area (Å²) in [5.41, 5.74) is 3.37. The van der Waals surface area contributed by atoms with Gasteiger partial charge in [0.2, 0.25) is 0 Å². The molecule has 2 aliphatic heterocycles. The van der Waals surface area contributed by atoms with Crippen molar-refractivity contribution in [1.29, 1.82) is 0 Å². The fraction of sp³-hybridized carbons (Fsp3) is 0.455. The van der Waals surface area contributed by atoms with Crippen LogP contribution in [-0.2, 0) is 0 Å². The molecule has 0 bridgehead atoms. The van der Waals surface area contributed by atoms with Crippen molar-refractivity contribution in [3.05, 3.63) is 54.4 Å². The van der Waals surface area contributed by atoms with E-state index >= 15 is 0 Å². The number of amides is 2. The van der Waals surface area contributed by atoms with Crippen molar-refractivity contribution >= 4 is 17.4 Å². The van der Waals surface area contributed by atoms with Gasteiger partial charge in [-0.05, 0) is 48.9 Å². The van der Waals surface area contributed by atoms with Crippen molar-refractivity contribution in [3.63, 3.8) is 0 Å². The molecule has 1 fully saturated rings. The highest BCUT2D eigenvalue weighted by Crippen LogP contribution is 2.35. The number of rotatable bonds is 3. The summed E-state index contributed by atoms with van der Waals surface area (Å²) >= 11 is 0. The molecule has 0 saturated carbocycles. The minimum Gasteiger partial charge on any atom is -0.381 e. The second kappa shape index (κ2) is 7.99. The SMILES string of the molecule is CCCC1CNc2ccccc2N1C(=O)N1CCC(c2cccnc2)CC1. The molecule has 27 heavy (non-hydrogen) atoms. The van der Waals surface area contributed by atoms with Gasteiger partial charge in [-0.3, -0.25) is 9.88 Å². The van der Waals surface area contributed by atoms with E-state index in [9.17, 15) is 4.79 Å². The van der Waals surface area contributed by atoms with E-state index in [1.165, 1.54) is 5.56 Å². The van der Waals surface area contributed by atoms with Crippen LogP contribution >= 0.6 is 0 Å². The highest BCUT2D eigenvalue weighted by atomic mass is 16.2. The second-order valence-corrected chi connectivity index (χ2v) is 7.54. The minimum atomic E-state index is 0.159. The van der Waals surface area contributed by atoms with Crippen LogP contribution in [0.4, 0.5) is 16.2 Å². The average molecular weight is 364 g/mol. The van der Waals surface area contributed by atoms with Crippen LogP contribution < -0.4 is 10.2 Å². The van der Waals surface area contributed by atoms with Crippen LogP contribution in [-0.4, -0.2) is 41.6 Å². The van der Waals surface area contributed by atoms with E-state index in [0.717, 1.165) is 56.7 Å². The minimum absolute atomic E-state index is 0.159. The van der Waals surface area contributed by atoms with Crippen molar-refractivity contribution in [3.8, 4) is 0 Å². The van der Waals surface area contributed by atoms with Crippen LogP contribution in [0.25, 0.3) is 0 Å². The third-order valence-electron chi connectivity index (χ3n) is 5.81. The fourth-order valence-corrected chi connectivity index (χ4v) is 4.35. The van der Waals surface area contributed by atoms with Gasteiger partial charge in [0.15, 0.2) is 0 Å². The molecule has 1 atom stereocenters. The maximum atomic E-state index is 13.5. The number of carbonyl (C=O) groups excluding carboxylic acids is 1. The molecule has 2 aromatic rings. The van der Waals surface area contributed by atoms with Crippen LogP contribution in [0.3, 0.4) is 0 Å². The zero-order chi connectivity index (χ0) is 18.6. The van der Waals surface area contributed by atoms with E-state index in [1.807, 2.05) is 40.4 Å². The molecule has 2 aliphatic rings. The number of likely N-dealkylation sites (tertiary alicyclic amines) is 1. The van der Waals surface area contributed by atoms with E-state index < -0.39 is 0 Å². The van der Waals surface area contributed by atoms with Gasteiger partial charge >= 0.3 is 6.03 Å². The summed E-state index contributed by atoms with van der Waals surface area (Å²) in [6.07, 6.45) is 7.87. The Hall–Kier alpha value is -2.56. The molecule has 5 nitrogen and oxygen atoms in total. The van der Waals surface area contributed by atoms with Crippen LogP contribution in [0.2, 0.25) is 0 Å². The van der Waals surface area contributed by atoms with Crippen LogP contribution in [0.1, 0.15) is 44.1 Å². The molecule has 4 rings (SSSR count). The van der Waals surface area contributed by atoms with Gasteiger partial charge in [-0.25, -0.2) is 4.79 Å². The number of benzene rings is 1. The van der Waals surface area contributed by atoms with Gasteiger partial charge in [-0.2, -0.15) is 0 Å². The molecule has 1 N–H and O–H groups in total. The molecule has 142 valence electrons. The van der Waals surface area contributed by atoms with Gasteiger partial charge in [0.05, 0.1) is 17.4 Å². The number of pyridine rings is 1. The van der Waals surface area contributed by atoms with Crippen molar-refractivity contribution in [1.82, 2.24) is 9.88 Å². The quantitative estimate of drug-likeness (QED) is 0.873. The first kappa shape index (κ1) is 17.8. The smallest absolute Gasteiger partial charge is 0.324 e. The number of aromatic nitrogens is 1. The second-order valence-electron chi connectivity index (χ2n) is 7.54. The van der Waals surface area contributed by atoms with E-state index in [-0.39, 0.29) is 12.1 Å². The number of anilines is 2. The molecule has 5 heteroatoms. The van der Waals surface area contributed by atoms with Crippen LogP contribution in [0.5, 0.6) is 0 Å². The highest BCUT2D eigenvalue weighted by molar-refractivity contribution is 5.97. The summed E-state index contributed by atoms with van der Waals surface area (Å²) in [7, 11) is 0. The summed E-state index contributed by atoms with van der Waals surface area (Å²) in [4.78, 5) is 21.8.